The van der Waals surface area contributed by atoms with Crippen molar-refractivity contribution in [1.82, 2.24) is 4.90 Å². The van der Waals surface area contributed by atoms with Crippen LogP contribution in [0.5, 0.6) is 0 Å². The van der Waals surface area contributed by atoms with Crippen molar-refractivity contribution in [3.8, 4) is 0 Å². The highest BCUT2D eigenvalue weighted by molar-refractivity contribution is 6.22. The Hall–Kier alpha value is -3.77. The Morgan fingerprint density at radius 3 is 2.31 bits per heavy atom. The van der Waals surface area contributed by atoms with Crippen molar-refractivity contribution < 1.29 is 19.5 Å². The van der Waals surface area contributed by atoms with Crippen LogP contribution in [0.1, 0.15) is 42.2 Å². The molecule has 0 spiro atoms. The predicted octanol–water partition coefficient (Wildman–Crippen LogP) is 3.23. The Bertz CT molecular complexity index is 1110. The first-order valence-electron chi connectivity index (χ1n) is 9.12. The second kappa shape index (κ2) is 7.69. The number of nitrogens with zero attached hydrogens (tertiary/aromatic N) is 1. The second-order valence-electron chi connectivity index (χ2n) is 6.76. The van der Waals surface area contributed by atoms with Crippen LogP contribution in [-0.2, 0) is 13.2 Å². The van der Waals surface area contributed by atoms with Crippen molar-refractivity contribution >= 4 is 23.4 Å². The molecule has 0 atom stereocenters. The molecule has 2 N–H and O–H groups in total. The first-order chi connectivity index (χ1) is 14.1. The molecule has 3 aromatic rings. The summed E-state index contributed by atoms with van der Waals surface area (Å²) in [4.78, 5) is 39.2. The fourth-order valence-electron chi connectivity index (χ4n) is 3.29. The van der Waals surface area contributed by atoms with E-state index in [-0.39, 0.29) is 30.2 Å². The summed E-state index contributed by atoms with van der Waals surface area (Å²) in [5.74, 6) is -1.17. The number of anilines is 1. The minimum absolute atomic E-state index is 0.129. The summed E-state index contributed by atoms with van der Waals surface area (Å²) < 4.78 is 0. The summed E-state index contributed by atoms with van der Waals surface area (Å²) in [6, 6.07) is 20.6. The SMILES string of the molecule is O=C(Nc1cccc(CO)c1)c1ccc2c(c1)C(=O)N(Cc1ccccc1)C2=O. The van der Waals surface area contributed by atoms with Crippen LogP contribution in [-0.4, -0.2) is 27.7 Å². The van der Waals surface area contributed by atoms with Gasteiger partial charge in [0.05, 0.1) is 24.3 Å². The zero-order chi connectivity index (χ0) is 20.4. The predicted molar refractivity (Wildman–Crippen MR) is 107 cm³/mol. The number of aliphatic hydroxyl groups is 1. The molecule has 6 heteroatoms. The highest BCUT2D eigenvalue weighted by Crippen LogP contribution is 2.26. The first-order valence-corrected chi connectivity index (χ1v) is 9.12. The van der Waals surface area contributed by atoms with E-state index in [4.69, 9.17) is 0 Å². The molecule has 0 saturated heterocycles. The largest absolute Gasteiger partial charge is 0.392 e. The summed E-state index contributed by atoms with van der Waals surface area (Å²) in [7, 11) is 0. The third-order valence-corrected chi connectivity index (χ3v) is 4.78. The lowest BCUT2D eigenvalue weighted by molar-refractivity contribution is 0.0642. The minimum atomic E-state index is -0.411. The van der Waals surface area contributed by atoms with E-state index in [9.17, 15) is 19.5 Å². The molecule has 0 bridgehead atoms. The summed E-state index contributed by atoms with van der Waals surface area (Å²) in [6.45, 7) is 0.0546. The van der Waals surface area contributed by atoms with E-state index in [1.54, 1.807) is 24.3 Å². The average molecular weight is 386 g/mol. The molecule has 1 aliphatic heterocycles. The lowest BCUT2D eigenvalue weighted by Crippen LogP contribution is -2.29. The molecule has 0 fully saturated rings. The average Bonchev–Trinajstić information content (AvgIpc) is 2.99. The van der Waals surface area contributed by atoms with Gasteiger partial charge in [0.25, 0.3) is 17.7 Å². The summed E-state index contributed by atoms with van der Waals surface area (Å²) in [6.07, 6.45) is 0. The van der Waals surface area contributed by atoms with Gasteiger partial charge >= 0.3 is 0 Å². The molecule has 0 radical (unpaired) electrons. The number of carbonyl (C=O) groups excluding carboxylic acids is 3. The van der Waals surface area contributed by atoms with Crippen molar-refractivity contribution in [2.24, 2.45) is 0 Å². The maximum atomic E-state index is 12.8. The van der Waals surface area contributed by atoms with Gasteiger partial charge in [-0.1, -0.05) is 42.5 Å². The van der Waals surface area contributed by atoms with Crippen LogP contribution in [0.4, 0.5) is 5.69 Å². The van der Waals surface area contributed by atoms with Crippen LogP contribution in [0.2, 0.25) is 0 Å². The maximum absolute atomic E-state index is 12.8. The number of rotatable bonds is 5. The number of nitrogens with one attached hydrogen (secondary N) is 1. The Labute approximate surface area is 167 Å². The van der Waals surface area contributed by atoms with E-state index in [0.717, 1.165) is 5.56 Å². The third-order valence-electron chi connectivity index (χ3n) is 4.78. The van der Waals surface area contributed by atoms with E-state index in [1.807, 2.05) is 30.3 Å². The van der Waals surface area contributed by atoms with Gasteiger partial charge in [-0.05, 0) is 41.5 Å². The highest BCUT2D eigenvalue weighted by Gasteiger charge is 2.35. The van der Waals surface area contributed by atoms with E-state index >= 15 is 0 Å². The summed E-state index contributed by atoms with van der Waals surface area (Å²) in [5.41, 5.74) is 2.86. The van der Waals surface area contributed by atoms with Crippen LogP contribution in [0, 0.1) is 0 Å². The van der Waals surface area contributed by atoms with Gasteiger partial charge in [0.15, 0.2) is 0 Å². The number of carbonyl (C=O) groups is 3. The van der Waals surface area contributed by atoms with Gasteiger partial charge in [0.1, 0.15) is 0 Å². The third kappa shape index (κ3) is 3.66. The number of amides is 3. The number of fused-ring (bicyclic) bond motifs is 1. The lowest BCUT2D eigenvalue weighted by Gasteiger charge is -2.13. The molecular weight excluding hydrogens is 368 g/mol. The molecule has 0 aliphatic carbocycles. The molecule has 4 rings (SSSR count). The van der Waals surface area contributed by atoms with Crippen LogP contribution in [0.25, 0.3) is 0 Å². The Morgan fingerprint density at radius 1 is 0.828 bits per heavy atom. The molecule has 1 heterocycles. The zero-order valence-corrected chi connectivity index (χ0v) is 15.5. The van der Waals surface area contributed by atoms with Crippen molar-refractivity contribution in [3.63, 3.8) is 0 Å². The van der Waals surface area contributed by atoms with Gasteiger partial charge in [0, 0.05) is 11.3 Å². The van der Waals surface area contributed by atoms with Crippen molar-refractivity contribution in [3.05, 3.63) is 101 Å². The Kier molecular flexibility index (Phi) is 4.93. The van der Waals surface area contributed by atoms with Gasteiger partial charge < -0.3 is 10.4 Å². The number of benzene rings is 3. The normalized spacial score (nSPS) is 12.8. The van der Waals surface area contributed by atoms with E-state index < -0.39 is 11.8 Å². The van der Waals surface area contributed by atoms with Crippen molar-refractivity contribution in [2.45, 2.75) is 13.2 Å². The van der Waals surface area contributed by atoms with Crippen molar-refractivity contribution in [1.29, 1.82) is 0 Å². The molecular formula is C23H18N2O4. The van der Waals surface area contributed by atoms with E-state index in [1.165, 1.54) is 23.1 Å². The standard InChI is InChI=1S/C23H18N2O4/c26-14-16-7-4-8-18(11-16)24-21(27)17-9-10-19-20(12-17)23(29)25(22(19)28)13-15-5-2-1-3-6-15/h1-12,26H,13-14H2,(H,24,27). The molecule has 29 heavy (non-hydrogen) atoms. The number of hydrogen-bond acceptors (Lipinski definition) is 4. The molecule has 144 valence electrons. The molecule has 6 nitrogen and oxygen atoms in total. The summed E-state index contributed by atoms with van der Waals surface area (Å²) >= 11 is 0. The van der Waals surface area contributed by atoms with Gasteiger partial charge in [-0.15, -0.1) is 0 Å². The molecule has 1 aliphatic rings. The van der Waals surface area contributed by atoms with Crippen LogP contribution in [0.3, 0.4) is 0 Å². The van der Waals surface area contributed by atoms with Gasteiger partial charge in [0.2, 0.25) is 0 Å². The van der Waals surface area contributed by atoms with Crippen molar-refractivity contribution in [2.75, 3.05) is 5.32 Å². The summed E-state index contributed by atoms with van der Waals surface area (Å²) in [5, 5.41) is 12.0. The minimum Gasteiger partial charge on any atom is -0.392 e. The van der Waals surface area contributed by atoms with Gasteiger partial charge in [-0.2, -0.15) is 0 Å². The Morgan fingerprint density at radius 2 is 1.55 bits per heavy atom. The topological polar surface area (TPSA) is 86.7 Å². The molecule has 0 unspecified atom stereocenters. The van der Waals surface area contributed by atoms with Crippen LogP contribution < -0.4 is 5.32 Å². The van der Waals surface area contributed by atoms with E-state index in [0.29, 0.717) is 16.8 Å². The maximum Gasteiger partial charge on any atom is 0.261 e. The quantitative estimate of drug-likeness (QED) is 0.659. The fraction of sp³-hybridized carbons (Fsp3) is 0.0870. The highest BCUT2D eigenvalue weighted by atomic mass is 16.3. The van der Waals surface area contributed by atoms with Crippen LogP contribution in [0.15, 0.2) is 72.8 Å². The Balaban J connectivity index is 1.56. The molecule has 0 aromatic heterocycles. The molecule has 0 saturated carbocycles. The zero-order valence-electron chi connectivity index (χ0n) is 15.5. The molecule has 3 amide bonds. The second-order valence-corrected chi connectivity index (χ2v) is 6.76. The van der Waals surface area contributed by atoms with Crippen LogP contribution >= 0.6 is 0 Å². The van der Waals surface area contributed by atoms with E-state index in [2.05, 4.69) is 5.32 Å². The lowest BCUT2D eigenvalue weighted by atomic mass is 10.1. The number of imide groups is 1. The number of hydrogen-bond donors (Lipinski definition) is 2. The first kappa shape index (κ1) is 18.6. The van der Waals surface area contributed by atoms with Gasteiger partial charge in [-0.3, -0.25) is 19.3 Å². The number of aliphatic hydroxyl groups excluding tert-OH is 1. The monoisotopic (exact) mass is 386 g/mol. The fourth-order valence-corrected chi connectivity index (χ4v) is 3.29. The molecule has 3 aromatic carbocycles. The van der Waals surface area contributed by atoms with Gasteiger partial charge in [-0.25, -0.2) is 0 Å². The smallest absolute Gasteiger partial charge is 0.261 e.